The number of fused-ring (bicyclic) bond motifs is 1. The minimum atomic E-state index is -0.745. The van der Waals surface area contributed by atoms with Crippen molar-refractivity contribution in [3.63, 3.8) is 0 Å². The van der Waals surface area contributed by atoms with Crippen molar-refractivity contribution >= 4 is 38.8 Å². The zero-order valence-electron chi connectivity index (χ0n) is 15.7. The Morgan fingerprint density at radius 3 is 2.48 bits per heavy atom. The summed E-state index contributed by atoms with van der Waals surface area (Å²) in [5.41, 5.74) is 0.405. The molecule has 0 saturated carbocycles. The van der Waals surface area contributed by atoms with Gasteiger partial charge in [-0.15, -0.1) is 0 Å². The van der Waals surface area contributed by atoms with Crippen LogP contribution < -0.4 is 10.2 Å². The van der Waals surface area contributed by atoms with Crippen LogP contribution in [-0.2, 0) is 14.3 Å². The zero-order valence-corrected chi connectivity index (χ0v) is 17.3. The number of esters is 2. The molecular formula is C21H17BrO7. The molecule has 0 bridgehead atoms. The second-order valence-corrected chi connectivity index (χ2v) is 6.80. The lowest BCUT2D eigenvalue weighted by molar-refractivity contribution is -0.142. The lowest BCUT2D eigenvalue weighted by Crippen LogP contribution is -2.15. The summed E-state index contributed by atoms with van der Waals surface area (Å²) in [7, 11) is 1.25. The molecule has 0 fully saturated rings. The van der Waals surface area contributed by atoms with Crippen molar-refractivity contribution in [2.75, 3.05) is 20.3 Å². The van der Waals surface area contributed by atoms with Gasteiger partial charge in [-0.2, -0.15) is 0 Å². The Hall–Kier alpha value is -3.13. The third kappa shape index (κ3) is 4.48. The van der Waals surface area contributed by atoms with E-state index in [1.54, 1.807) is 31.2 Å². The summed E-state index contributed by atoms with van der Waals surface area (Å²) in [6, 6.07) is 11.4. The highest BCUT2D eigenvalue weighted by Gasteiger charge is 2.23. The average molecular weight is 461 g/mol. The van der Waals surface area contributed by atoms with Crippen molar-refractivity contribution in [3.8, 4) is 16.9 Å². The highest BCUT2D eigenvalue weighted by Crippen LogP contribution is 2.28. The molecule has 1 heterocycles. The van der Waals surface area contributed by atoms with E-state index in [9.17, 15) is 14.4 Å². The Bertz CT molecular complexity index is 1120. The molecular weight excluding hydrogens is 444 g/mol. The minimum absolute atomic E-state index is 0.117. The molecule has 0 aliphatic carbocycles. The molecule has 29 heavy (non-hydrogen) atoms. The number of carbonyl (C=O) groups is 2. The zero-order chi connectivity index (χ0) is 21.0. The van der Waals surface area contributed by atoms with Gasteiger partial charge in [-0.25, -0.2) is 9.59 Å². The van der Waals surface area contributed by atoms with Gasteiger partial charge in [-0.05, 0) is 36.8 Å². The van der Waals surface area contributed by atoms with Crippen molar-refractivity contribution in [1.82, 2.24) is 0 Å². The summed E-state index contributed by atoms with van der Waals surface area (Å²) in [5.74, 6) is -1.20. The van der Waals surface area contributed by atoms with Crippen LogP contribution in [0.1, 0.15) is 17.5 Å². The predicted molar refractivity (Wildman–Crippen MR) is 109 cm³/mol. The van der Waals surface area contributed by atoms with Crippen LogP contribution in [0.25, 0.3) is 22.1 Å². The normalized spacial score (nSPS) is 10.6. The molecule has 0 atom stereocenters. The van der Waals surface area contributed by atoms with Gasteiger partial charge in [-0.1, -0.05) is 28.1 Å². The highest BCUT2D eigenvalue weighted by atomic mass is 79.9. The number of methoxy groups -OCH3 is 1. The molecule has 0 N–H and O–H groups in total. The lowest BCUT2D eigenvalue weighted by Gasteiger charge is -2.11. The highest BCUT2D eigenvalue weighted by molar-refractivity contribution is 9.10. The van der Waals surface area contributed by atoms with Crippen LogP contribution in [0.3, 0.4) is 0 Å². The maximum Gasteiger partial charge on any atom is 0.375 e. The van der Waals surface area contributed by atoms with E-state index in [0.29, 0.717) is 5.56 Å². The molecule has 0 spiro atoms. The predicted octanol–water partition coefficient (Wildman–Crippen LogP) is 3.95. The largest absolute Gasteiger partial charge is 0.482 e. The monoisotopic (exact) mass is 460 g/mol. The molecule has 1 aromatic heterocycles. The molecule has 3 rings (SSSR count). The molecule has 0 saturated heterocycles. The Kier molecular flexibility index (Phi) is 6.33. The third-order valence-electron chi connectivity index (χ3n) is 4.04. The standard InChI is InChI=1S/C21H17BrO7/c1-3-27-21(25)20-18(12-4-6-13(22)7-5-12)19(24)15-9-8-14(10-16(15)29-20)28-11-17(23)26-2/h4-10H,3,11H2,1-2H3. The first kappa shape index (κ1) is 20.6. The smallest absolute Gasteiger partial charge is 0.375 e. The summed E-state index contributed by atoms with van der Waals surface area (Å²) < 4.78 is 21.5. The van der Waals surface area contributed by atoms with Gasteiger partial charge in [-0.3, -0.25) is 4.79 Å². The summed E-state index contributed by atoms with van der Waals surface area (Å²) in [5, 5.41) is 0.265. The molecule has 0 radical (unpaired) electrons. The molecule has 150 valence electrons. The minimum Gasteiger partial charge on any atom is -0.482 e. The van der Waals surface area contributed by atoms with Crippen LogP contribution in [0.4, 0.5) is 0 Å². The maximum atomic E-state index is 13.2. The first-order valence-corrected chi connectivity index (χ1v) is 9.47. The number of hydrogen-bond acceptors (Lipinski definition) is 7. The van der Waals surface area contributed by atoms with Crippen LogP contribution >= 0.6 is 15.9 Å². The fourth-order valence-electron chi connectivity index (χ4n) is 2.68. The van der Waals surface area contributed by atoms with Gasteiger partial charge in [0.15, 0.2) is 6.61 Å². The van der Waals surface area contributed by atoms with Crippen molar-refractivity contribution in [3.05, 3.63) is 62.9 Å². The fourth-order valence-corrected chi connectivity index (χ4v) is 2.95. The van der Waals surface area contributed by atoms with Crippen LogP contribution in [0.5, 0.6) is 5.75 Å². The van der Waals surface area contributed by atoms with Crippen LogP contribution in [0.2, 0.25) is 0 Å². The van der Waals surface area contributed by atoms with Gasteiger partial charge in [0.1, 0.15) is 11.3 Å². The first-order valence-electron chi connectivity index (χ1n) is 8.68. The van der Waals surface area contributed by atoms with E-state index < -0.39 is 11.9 Å². The molecule has 7 nitrogen and oxygen atoms in total. The third-order valence-corrected chi connectivity index (χ3v) is 4.57. The molecule has 8 heteroatoms. The van der Waals surface area contributed by atoms with Crippen LogP contribution in [0, 0.1) is 0 Å². The second-order valence-electron chi connectivity index (χ2n) is 5.89. The number of hydrogen-bond donors (Lipinski definition) is 0. The topological polar surface area (TPSA) is 92.0 Å². The van der Waals surface area contributed by atoms with Gasteiger partial charge < -0.3 is 18.6 Å². The number of ether oxygens (including phenoxy) is 3. The summed E-state index contributed by atoms with van der Waals surface area (Å²) in [6.45, 7) is 1.49. The van der Waals surface area contributed by atoms with E-state index in [1.165, 1.54) is 25.3 Å². The Labute approximate surface area is 174 Å². The first-order chi connectivity index (χ1) is 13.9. The Balaban J connectivity index is 2.16. The SMILES string of the molecule is CCOC(=O)c1oc2cc(OCC(=O)OC)ccc2c(=O)c1-c1ccc(Br)cc1. The van der Waals surface area contributed by atoms with E-state index in [2.05, 4.69) is 20.7 Å². The van der Waals surface area contributed by atoms with E-state index in [4.69, 9.17) is 13.9 Å². The molecule has 2 aromatic carbocycles. The number of carbonyl (C=O) groups excluding carboxylic acids is 2. The fraction of sp³-hybridized carbons (Fsp3) is 0.190. The van der Waals surface area contributed by atoms with Gasteiger partial charge in [0, 0.05) is 10.5 Å². The summed E-state index contributed by atoms with van der Waals surface area (Å²) >= 11 is 3.35. The van der Waals surface area contributed by atoms with Crippen molar-refractivity contribution in [2.45, 2.75) is 6.92 Å². The molecule has 0 aliphatic rings. The van der Waals surface area contributed by atoms with Gasteiger partial charge in [0.2, 0.25) is 11.2 Å². The molecule has 3 aromatic rings. The van der Waals surface area contributed by atoms with Crippen molar-refractivity contribution in [1.29, 1.82) is 0 Å². The Morgan fingerprint density at radius 2 is 1.83 bits per heavy atom. The van der Waals surface area contributed by atoms with E-state index in [-0.39, 0.29) is 46.7 Å². The number of benzene rings is 2. The van der Waals surface area contributed by atoms with Crippen LogP contribution in [0.15, 0.2) is 56.1 Å². The van der Waals surface area contributed by atoms with Gasteiger partial charge >= 0.3 is 11.9 Å². The van der Waals surface area contributed by atoms with Gasteiger partial charge in [0.25, 0.3) is 0 Å². The van der Waals surface area contributed by atoms with Crippen molar-refractivity contribution in [2.24, 2.45) is 0 Å². The summed E-state index contributed by atoms with van der Waals surface area (Å²) in [6.07, 6.45) is 0. The Morgan fingerprint density at radius 1 is 1.10 bits per heavy atom. The lowest BCUT2D eigenvalue weighted by atomic mass is 10.0. The average Bonchev–Trinajstić information content (AvgIpc) is 2.72. The maximum absolute atomic E-state index is 13.2. The second kappa shape index (κ2) is 8.91. The van der Waals surface area contributed by atoms with Gasteiger partial charge in [0.05, 0.1) is 24.7 Å². The van der Waals surface area contributed by atoms with Crippen molar-refractivity contribution < 1.29 is 28.2 Å². The quantitative estimate of drug-likeness (QED) is 0.514. The van der Waals surface area contributed by atoms with E-state index in [0.717, 1.165) is 4.47 Å². The van der Waals surface area contributed by atoms with E-state index >= 15 is 0 Å². The molecule has 0 aliphatic heterocycles. The molecule has 0 unspecified atom stereocenters. The number of rotatable bonds is 6. The van der Waals surface area contributed by atoms with E-state index in [1.807, 2.05) is 0 Å². The molecule has 0 amide bonds. The number of halogens is 1. The summed E-state index contributed by atoms with van der Waals surface area (Å²) in [4.78, 5) is 36.9. The van der Waals surface area contributed by atoms with Crippen LogP contribution in [-0.4, -0.2) is 32.3 Å².